The molecule has 0 aliphatic rings. The molecule has 0 amide bonds. The zero-order valence-corrected chi connectivity index (χ0v) is 12.6. The first-order valence-electron chi connectivity index (χ1n) is 6.00. The van der Waals surface area contributed by atoms with Gasteiger partial charge in [-0.3, -0.25) is 4.40 Å². The van der Waals surface area contributed by atoms with Crippen LogP contribution in [0.3, 0.4) is 0 Å². The number of halogens is 3. The Bertz CT molecular complexity index is 720. The SMILES string of the molecule is CCNc1nc2sccn2c1S(=O)(=O)NCCC(F)(F)F. The molecule has 0 aliphatic carbocycles. The molecular formula is C10H13F3N4O2S2. The predicted octanol–water partition coefficient (Wildman–Crippen LogP) is 2.06. The van der Waals surface area contributed by atoms with Crippen molar-refractivity contribution in [3.8, 4) is 0 Å². The Morgan fingerprint density at radius 1 is 1.43 bits per heavy atom. The Labute approximate surface area is 123 Å². The van der Waals surface area contributed by atoms with E-state index in [1.165, 1.54) is 21.9 Å². The van der Waals surface area contributed by atoms with Gasteiger partial charge in [-0.2, -0.15) is 13.2 Å². The monoisotopic (exact) mass is 342 g/mol. The lowest BCUT2D eigenvalue weighted by Gasteiger charge is -2.09. The van der Waals surface area contributed by atoms with Gasteiger partial charge in [-0.15, -0.1) is 11.3 Å². The molecule has 0 fully saturated rings. The van der Waals surface area contributed by atoms with Crippen molar-refractivity contribution in [2.45, 2.75) is 24.5 Å². The summed E-state index contributed by atoms with van der Waals surface area (Å²) in [5.74, 6) is 0.129. The first kappa shape index (κ1) is 16.0. The maximum absolute atomic E-state index is 12.2. The van der Waals surface area contributed by atoms with E-state index >= 15 is 0 Å². The van der Waals surface area contributed by atoms with Gasteiger partial charge in [0.05, 0.1) is 6.42 Å². The minimum absolute atomic E-state index is 0.129. The summed E-state index contributed by atoms with van der Waals surface area (Å²) < 4.78 is 64.1. The van der Waals surface area contributed by atoms with Crippen molar-refractivity contribution in [2.75, 3.05) is 18.4 Å². The third kappa shape index (κ3) is 3.66. The van der Waals surface area contributed by atoms with E-state index in [2.05, 4.69) is 10.3 Å². The maximum Gasteiger partial charge on any atom is 0.390 e. The molecule has 0 atom stereocenters. The van der Waals surface area contributed by atoms with Crippen LogP contribution in [0.1, 0.15) is 13.3 Å². The van der Waals surface area contributed by atoms with Gasteiger partial charge in [-0.05, 0) is 6.92 Å². The van der Waals surface area contributed by atoms with Crippen LogP contribution < -0.4 is 10.0 Å². The van der Waals surface area contributed by atoms with Gasteiger partial charge in [0.15, 0.2) is 15.8 Å². The standard InChI is InChI=1S/C10H13F3N4O2S2/c1-2-14-7-8(17-5-6-20-9(17)16-7)21(18,19)15-4-3-10(11,12)13/h5-6,14-15H,2-4H2,1H3. The minimum Gasteiger partial charge on any atom is -0.368 e. The fraction of sp³-hybridized carbons (Fsp3) is 0.500. The Morgan fingerprint density at radius 2 is 2.14 bits per heavy atom. The van der Waals surface area contributed by atoms with Gasteiger partial charge in [0.25, 0.3) is 10.0 Å². The Balaban J connectivity index is 2.30. The van der Waals surface area contributed by atoms with Gasteiger partial charge in [-0.1, -0.05) is 0 Å². The van der Waals surface area contributed by atoms with Crippen molar-refractivity contribution < 1.29 is 21.6 Å². The molecular weight excluding hydrogens is 329 g/mol. The maximum atomic E-state index is 12.2. The van der Waals surface area contributed by atoms with Crippen LogP contribution in [0.4, 0.5) is 19.0 Å². The van der Waals surface area contributed by atoms with Gasteiger partial charge < -0.3 is 5.32 Å². The van der Waals surface area contributed by atoms with Crippen molar-refractivity contribution in [3.05, 3.63) is 11.6 Å². The molecule has 6 nitrogen and oxygen atoms in total. The van der Waals surface area contributed by atoms with E-state index in [1.807, 2.05) is 4.72 Å². The Morgan fingerprint density at radius 3 is 2.76 bits per heavy atom. The molecule has 2 aromatic rings. The number of rotatable bonds is 6. The van der Waals surface area contributed by atoms with E-state index in [1.54, 1.807) is 12.3 Å². The highest BCUT2D eigenvalue weighted by Gasteiger charge is 2.30. The number of hydrogen-bond donors (Lipinski definition) is 2. The number of sulfonamides is 1. The number of nitrogens with one attached hydrogen (secondary N) is 2. The summed E-state index contributed by atoms with van der Waals surface area (Å²) >= 11 is 1.23. The second kappa shape index (κ2) is 5.81. The Hall–Kier alpha value is -1.33. The van der Waals surface area contributed by atoms with Crippen molar-refractivity contribution in [2.24, 2.45) is 0 Å². The van der Waals surface area contributed by atoms with Crippen molar-refractivity contribution in [1.29, 1.82) is 0 Å². The quantitative estimate of drug-likeness (QED) is 0.843. The lowest BCUT2D eigenvalue weighted by Crippen LogP contribution is -2.29. The summed E-state index contributed by atoms with van der Waals surface area (Å²) in [5.41, 5.74) is 0. The number of aromatic nitrogens is 2. The van der Waals surface area contributed by atoms with E-state index in [4.69, 9.17) is 0 Å². The molecule has 0 saturated heterocycles. The number of thiazole rings is 1. The third-order valence-corrected chi connectivity index (χ3v) is 4.76. The van der Waals surface area contributed by atoms with Crippen LogP contribution in [0.15, 0.2) is 16.6 Å². The van der Waals surface area contributed by atoms with Crippen LogP contribution in [0.2, 0.25) is 0 Å². The van der Waals surface area contributed by atoms with Gasteiger partial charge in [0.1, 0.15) is 0 Å². The molecule has 0 aromatic carbocycles. The first-order valence-corrected chi connectivity index (χ1v) is 8.36. The van der Waals surface area contributed by atoms with E-state index in [0.717, 1.165) is 0 Å². The molecule has 118 valence electrons. The van der Waals surface area contributed by atoms with Crippen molar-refractivity contribution in [3.63, 3.8) is 0 Å². The largest absolute Gasteiger partial charge is 0.390 e. The lowest BCUT2D eigenvalue weighted by molar-refractivity contribution is -0.132. The summed E-state index contributed by atoms with van der Waals surface area (Å²) in [6.07, 6.45) is -4.14. The molecule has 2 heterocycles. The molecule has 0 saturated carbocycles. The third-order valence-electron chi connectivity index (χ3n) is 2.52. The van der Waals surface area contributed by atoms with Gasteiger partial charge in [0, 0.05) is 24.7 Å². The fourth-order valence-electron chi connectivity index (χ4n) is 1.70. The number of nitrogens with zero attached hydrogens (tertiary/aromatic N) is 2. The molecule has 0 aliphatic heterocycles. The minimum atomic E-state index is -4.41. The van der Waals surface area contributed by atoms with Crippen molar-refractivity contribution >= 4 is 32.1 Å². The fourth-order valence-corrected chi connectivity index (χ4v) is 3.76. The molecule has 0 radical (unpaired) electrons. The highest BCUT2D eigenvalue weighted by atomic mass is 32.2. The van der Waals surface area contributed by atoms with Crippen LogP contribution >= 0.6 is 11.3 Å². The van der Waals surface area contributed by atoms with Crippen LogP contribution in [0.5, 0.6) is 0 Å². The summed E-state index contributed by atoms with van der Waals surface area (Å²) in [7, 11) is -4.09. The zero-order valence-electron chi connectivity index (χ0n) is 10.9. The van der Waals surface area contributed by atoms with E-state index in [-0.39, 0.29) is 10.8 Å². The topological polar surface area (TPSA) is 75.5 Å². The number of anilines is 1. The average molecular weight is 342 g/mol. The first-order chi connectivity index (χ1) is 9.74. The van der Waals surface area contributed by atoms with Crippen LogP contribution in [0.25, 0.3) is 4.96 Å². The van der Waals surface area contributed by atoms with Crippen LogP contribution in [-0.4, -0.2) is 37.1 Å². The van der Waals surface area contributed by atoms with E-state index in [0.29, 0.717) is 11.5 Å². The molecule has 0 bridgehead atoms. The number of fused-ring (bicyclic) bond motifs is 1. The summed E-state index contributed by atoms with van der Waals surface area (Å²) in [6.45, 7) is 1.49. The predicted molar refractivity (Wildman–Crippen MR) is 73.1 cm³/mol. The number of alkyl halides is 3. The van der Waals surface area contributed by atoms with Gasteiger partial charge >= 0.3 is 6.18 Å². The van der Waals surface area contributed by atoms with E-state index in [9.17, 15) is 21.6 Å². The lowest BCUT2D eigenvalue weighted by atomic mass is 10.4. The average Bonchev–Trinajstić information content (AvgIpc) is 2.86. The summed E-state index contributed by atoms with van der Waals surface area (Å²) in [6, 6.07) is 0. The molecule has 0 unspecified atom stereocenters. The second-order valence-electron chi connectivity index (χ2n) is 4.11. The number of hydrogen-bond acceptors (Lipinski definition) is 5. The van der Waals surface area contributed by atoms with Gasteiger partial charge in [-0.25, -0.2) is 18.1 Å². The highest BCUT2D eigenvalue weighted by molar-refractivity contribution is 7.89. The molecule has 2 aromatic heterocycles. The normalized spacial score (nSPS) is 13.0. The smallest absolute Gasteiger partial charge is 0.368 e. The number of imidazole rings is 1. The van der Waals surface area contributed by atoms with Crippen molar-refractivity contribution in [1.82, 2.24) is 14.1 Å². The van der Waals surface area contributed by atoms with E-state index < -0.39 is 29.2 Å². The highest BCUT2D eigenvalue weighted by Crippen LogP contribution is 2.26. The molecule has 2 N–H and O–H groups in total. The summed E-state index contributed by atoms with van der Waals surface area (Å²) in [5, 5.41) is 4.27. The molecule has 0 spiro atoms. The molecule has 11 heteroatoms. The van der Waals surface area contributed by atoms with Gasteiger partial charge in [0.2, 0.25) is 0 Å². The van der Waals surface area contributed by atoms with Crippen LogP contribution in [0, 0.1) is 0 Å². The Kier molecular flexibility index (Phi) is 4.44. The molecule has 2 rings (SSSR count). The zero-order chi connectivity index (χ0) is 15.7. The molecule has 21 heavy (non-hydrogen) atoms. The summed E-state index contributed by atoms with van der Waals surface area (Å²) in [4.78, 5) is 4.56. The van der Waals surface area contributed by atoms with Crippen LogP contribution in [-0.2, 0) is 10.0 Å². The second-order valence-corrected chi connectivity index (χ2v) is 6.67.